The Morgan fingerprint density at radius 3 is 2.68 bits per heavy atom. The zero-order valence-electron chi connectivity index (χ0n) is 15.2. The summed E-state index contributed by atoms with van der Waals surface area (Å²) in [6.07, 6.45) is 6.60. The first-order valence-corrected chi connectivity index (χ1v) is 9.19. The lowest BCUT2D eigenvalue weighted by Gasteiger charge is -2.59. The number of carboxylic acid groups (broad SMARTS) is 1. The molecule has 5 heteroatoms. The number of fused-ring (bicyclic) bond motifs is 1. The lowest BCUT2D eigenvalue weighted by molar-refractivity contribution is -0.148. The van der Waals surface area contributed by atoms with E-state index >= 15 is 0 Å². The Kier molecular flexibility index (Phi) is 4.56. The molecule has 0 aromatic carbocycles. The first-order valence-electron chi connectivity index (χ1n) is 9.19. The summed E-state index contributed by atoms with van der Waals surface area (Å²) in [4.78, 5) is 23.6. The topological polar surface area (TPSA) is 83.8 Å². The van der Waals surface area contributed by atoms with Crippen molar-refractivity contribution in [3.63, 3.8) is 0 Å². The van der Waals surface area contributed by atoms with Gasteiger partial charge in [0.15, 0.2) is 0 Å². The van der Waals surface area contributed by atoms with Gasteiger partial charge in [0.2, 0.25) is 0 Å². The van der Waals surface area contributed by atoms with Crippen LogP contribution in [0.5, 0.6) is 0 Å². The van der Waals surface area contributed by atoms with E-state index in [0.717, 1.165) is 24.8 Å². The number of carboxylic acids is 1. The highest BCUT2D eigenvalue weighted by Gasteiger charge is 2.59. The number of aliphatic carboxylic acids is 1. The molecule has 2 N–H and O–H groups in total. The summed E-state index contributed by atoms with van der Waals surface area (Å²) < 4.78 is 5.00. The molecule has 138 valence electrons. The van der Waals surface area contributed by atoms with E-state index in [2.05, 4.69) is 13.8 Å². The number of ether oxygens (including phenoxy) is 1. The molecule has 1 heterocycles. The number of esters is 1. The lowest BCUT2D eigenvalue weighted by atomic mass is 9.45. The van der Waals surface area contributed by atoms with Crippen LogP contribution < -0.4 is 0 Å². The lowest BCUT2D eigenvalue weighted by Crippen LogP contribution is -2.57. The van der Waals surface area contributed by atoms with E-state index < -0.39 is 17.5 Å². The van der Waals surface area contributed by atoms with Crippen molar-refractivity contribution in [1.82, 2.24) is 0 Å². The van der Waals surface area contributed by atoms with Gasteiger partial charge in [-0.05, 0) is 55.4 Å². The standard InChI is InChI=1S/C20H28O5/c1-12-11-16(21)20(3)14(17(22)23)5-4-6-15(20)19(12,2)9-7-13-8-10-25-18(13)24/h5,8,12,15-16,21H,4,6-7,9-11H2,1-3H3,(H,22,23)/t12-,15-,16+,19+,20+/m0/s1. The Labute approximate surface area is 148 Å². The number of allylic oxidation sites excluding steroid dienone is 1. The average Bonchev–Trinajstić information content (AvgIpc) is 2.96. The molecule has 1 aliphatic heterocycles. The van der Waals surface area contributed by atoms with Crippen LogP contribution in [-0.2, 0) is 14.3 Å². The van der Waals surface area contributed by atoms with E-state index in [0.29, 0.717) is 25.0 Å². The highest BCUT2D eigenvalue weighted by Crippen LogP contribution is 2.62. The molecule has 0 bridgehead atoms. The summed E-state index contributed by atoms with van der Waals surface area (Å²) in [5.74, 6) is -0.825. The Morgan fingerprint density at radius 1 is 1.36 bits per heavy atom. The van der Waals surface area contributed by atoms with Crippen LogP contribution in [0.4, 0.5) is 0 Å². The van der Waals surface area contributed by atoms with E-state index in [-0.39, 0.29) is 23.2 Å². The maximum Gasteiger partial charge on any atom is 0.334 e. The molecule has 1 fully saturated rings. The molecule has 0 amide bonds. The van der Waals surface area contributed by atoms with E-state index in [1.54, 1.807) is 6.08 Å². The fraction of sp³-hybridized carbons (Fsp3) is 0.700. The van der Waals surface area contributed by atoms with Gasteiger partial charge in [-0.15, -0.1) is 0 Å². The Balaban J connectivity index is 1.92. The highest BCUT2D eigenvalue weighted by atomic mass is 16.5. The molecule has 3 aliphatic rings. The Hall–Kier alpha value is -1.62. The molecular weight excluding hydrogens is 320 g/mol. The molecule has 3 rings (SSSR count). The van der Waals surface area contributed by atoms with Crippen LogP contribution in [0.15, 0.2) is 23.3 Å². The van der Waals surface area contributed by atoms with E-state index in [1.807, 2.05) is 13.0 Å². The van der Waals surface area contributed by atoms with Crippen molar-refractivity contribution in [2.24, 2.45) is 22.7 Å². The molecule has 0 aromatic heterocycles. The number of aliphatic hydroxyl groups is 1. The molecule has 0 radical (unpaired) electrons. The second-order valence-electron chi connectivity index (χ2n) is 8.32. The number of carbonyl (C=O) groups excluding carboxylic acids is 1. The average molecular weight is 348 g/mol. The quantitative estimate of drug-likeness (QED) is 0.763. The van der Waals surface area contributed by atoms with Crippen LogP contribution in [-0.4, -0.2) is 34.9 Å². The molecule has 5 nitrogen and oxygen atoms in total. The number of hydrogen-bond acceptors (Lipinski definition) is 4. The number of rotatable bonds is 4. The van der Waals surface area contributed by atoms with Gasteiger partial charge in [-0.25, -0.2) is 9.59 Å². The molecule has 1 saturated carbocycles. The normalized spacial score (nSPS) is 40.8. The van der Waals surface area contributed by atoms with Crippen molar-refractivity contribution in [3.05, 3.63) is 23.3 Å². The molecule has 0 saturated heterocycles. The van der Waals surface area contributed by atoms with E-state index in [4.69, 9.17) is 4.74 Å². The number of carbonyl (C=O) groups is 2. The van der Waals surface area contributed by atoms with Gasteiger partial charge >= 0.3 is 11.9 Å². The summed E-state index contributed by atoms with van der Waals surface area (Å²) in [6, 6.07) is 0. The Morgan fingerprint density at radius 2 is 2.08 bits per heavy atom. The van der Waals surface area contributed by atoms with E-state index in [9.17, 15) is 19.8 Å². The fourth-order valence-corrected chi connectivity index (χ4v) is 5.46. The molecule has 0 spiro atoms. The summed E-state index contributed by atoms with van der Waals surface area (Å²) in [7, 11) is 0. The zero-order chi connectivity index (χ0) is 18.4. The summed E-state index contributed by atoms with van der Waals surface area (Å²) in [6.45, 7) is 6.61. The van der Waals surface area contributed by atoms with Crippen LogP contribution in [0.1, 0.15) is 52.9 Å². The maximum atomic E-state index is 11.8. The minimum Gasteiger partial charge on any atom is -0.478 e. The molecule has 0 aromatic rings. The van der Waals surface area contributed by atoms with Gasteiger partial charge in [-0.1, -0.05) is 26.8 Å². The number of cyclic esters (lactones) is 1. The first-order chi connectivity index (χ1) is 11.7. The molecule has 25 heavy (non-hydrogen) atoms. The van der Waals surface area contributed by atoms with Gasteiger partial charge in [0, 0.05) is 16.6 Å². The SMILES string of the molecule is C[C@H]1C[C@@H](O)[C@]2(C)C(C(=O)O)=CCC[C@H]2[C@]1(C)CCC1=CCOC1=O. The molecule has 2 aliphatic carbocycles. The fourth-order valence-electron chi connectivity index (χ4n) is 5.46. The summed E-state index contributed by atoms with van der Waals surface area (Å²) in [5, 5.41) is 20.5. The number of aliphatic hydroxyl groups excluding tert-OH is 1. The minimum absolute atomic E-state index is 0.0767. The smallest absolute Gasteiger partial charge is 0.334 e. The van der Waals surface area contributed by atoms with Crippen LogP contribution in [0.2, 0.25) is 0 Å². The van der Waals surface area contributed by atoms with Crippen molar-refractivity contribution in [1.29, 1.82) is 0 Å². The van der Waals surface area contributed by atoms with Gasteiger partial charge in [-0.3, -0.25) is 0 Å². The third-order valence-electron chi connectivity index (χ3n) is 7.27. The van der Waals surface area contributed by atoms with Crippen LogP contribution in [0.25, 0.3) is 0 Å². The van der Waals surface area contributed by atoms with Crippen molar-refractivity contribution in [3.8, 4) is 0 Å². The Bertz CT molecular complexity index is 648. The second kappa shape index (κ2) is 6.27. The zero-order valence-corrected chi connectivity index (χ0v) is 15.2. The second-order valence-corrected chi connectivity index (χ2v) is 8.32. The van der Waals surface area contributed by atoms with Gasteiger partial charge < -0.3 is 14.9 Å². The van der Waals surface area contributed by atoms with Crippen molar-refractivity contribution >= 4 is 11.9 Å². The van der Waals surface area contributed by atoms with Crippen molar-refractivity contribution < 1.29 is 24.5 Å². The number of hydrogen-bond donors (Lipinski definition) is 2. The van der Waals surface area contributed by atoms with Gasteiger partial charge in [0.05, 0.1) is 6.10 Å². The largest absolute Gasteiger partial charge is 0.478 e. The first kappa shape index (κ1) is 18.2. The highest BCUT2D eigenvalue weighted by molar-refractivity contribution is 5.90. The monoisotopic (exact) mass is 348 g/mol. The van der Waals surface area contributed by atoms with Crippen LogP contribution in [0.3, 0.4) is 0 Å². The van der Waals surface area contributed by atoms with Crippen LogP contribution >= 0.6 is 0 Å². The summed E-state index contributed by atoms with van der Waals surface area (Å²) in [5.41, 5.74) is 0.211. The maximum absolute atomic E-state index is 11.8. The van der Waals surface area contributed by atoms with Crippen LogP contribution in [0, 0.1) is 22.7 Å². The molecular formula is C20H28O5. The van der Waals surface area contributed by atoms with Crippen molar-refractivity contribution in [2.45, 2.75) is 59.0 Å². The molecule has 0 unspecified atom stereocenters. The van der Waals surface area contributed by atoms with Crippen molar-refractivity contribution in [2.75, 3.05) is 6.61 Å². The molecule has 5 atom stereocenters. The minimum atomic E-state index is -0.926. The summed E-state index contributed by atoms with van der Waals surface area (Å²) >= 11 is 0. The third kappa shape index (κ3) is 2.73. The predicted octanol–water partition coefficient (Wildman–Crippen LogP) is 3.08. The van der Waals surface area contributed by atoms with Gasteiger partial charge in [0.1, 0.15) is 6.61 Å². The van der Waals surface area contributed by atoms with Gasteiger partial charge in [-0.2, -0.15) is 0 Å². The third-order valence-corrected chi connectivity index (χ3v) is 7.27. The predicted molar refractivity (Wildman–Crippen MR) is 92.7 cm³/mol. The van der Waals surface area contributed by atoms with Gasteiger partial charge in [0.25, 0.3) is 0 Å². The van der Waals surface area contributed by atoms with E-state index in [1.165, 1.54) is 0 Å².